The summed E-state index contributed by atoms with van der Waals surface area (Å²) in [7, 11) is 0. The Kier molecular flexibility index (Phi) is 3.36. The Balaban J connectivity index is 1.98. The zero-order valence-corrected chi connectivity index (χ0v) is 13.3. The summed E-state index contributed by atoms with van der Waals surface area (Å²) in [6.45, 7) is 2.01. The molecule has 0 aliphatic heterocycles. The summed E-state index contributed by atoms with van der Waals surface area (Å²) in [6.07, 6.45) is 1.83. The fourth-order valence-electron chi connectivity index (χ4n) is 2.83. The molecule has 0 radical (unpaired) electrons. The van der Waals surface area contributed by atoms with Crippen molar-refractivity contribution in [2.75, 3.05) is 0 Å². The Morgan fingerprint density at radius 2 is 1.61 bits per heavy atom. The molecule has 112 valence electrons. The van der Waals surface area contributed by atoms with Crippen LogP contribution in [0.2, 0.25) is 5.02 Å². The van der Waals surface area contributed by atoms with Gasteiger partial charge >= 0.3 is 0 Å². The molecule has 2 heterocycles. The van der Waals surface area contributed by atoms with E-state index in [9.17, 15) is 0 Å². The fourth-order valence-corrected chi connectivity index (χ4v) is 2.96. The molecule has 4 aromatic rings. The van der Waals surface area contributed by atoms with Crippen molar-refractivity contribution in [3.8, 4) is 22.4 Å². The third-order valence-corrected chi connectivity index (χ3v) is 4.15. The van der Waals surface area contributed by atoms with E-state index < -0.39 is 0 Å². The van der Waals surface area contributed by atoms with E-state index in [0.29, 0.717) is 0 Å². The lowest BCUT2D eigenvalue weighted by Crippen LogP contribution is -1.95. The van der Waals surface area contributed by atoms with Crippen LogP contribution < -0.4 is 0 Å². The SMILES string of the molecule is Cc1nn2c(-c3ccccc3)ccnc2c1-c1ccc(Cl)cc1. The Bertz CT molecular complexity index is 973. The molecule has 4 rings (SSSR count). The molecule has 0 saturated heterocycles. The molecule has 0 unspecified atom stereocenters. The second-order valence-corrected chi connectivity index (χ2v) is 5.84. The summed E-state index contributed by atoms with van der Waals surface area (Å²) in [5.41, 5.74) is 6.05. The molecule has 4 heteroatoms. The number of hydrogen-bond donors (Lipinski definition) is 0. The van der Waals surface area contributed by atoms with Crippen LogP contribution in [0.5, 0.6) is 0 Å². The van der Waals surface area contributed by atoms with Gasteiger partial charge in [0.1, 0.15) is 0 Å². The Labute approximate surface area is 139 Å². The molecular weight excluding hydrogens is 306 g/mol. The van der Waals surface area contributed by atoms with Crippen molar-refractivity contribution >= 4 is 17.2 Å². The summed E-state index contributed by atoms with van der Waals surface area (Å²) in [6, 6.07) is 20.0. The molecule has 0 spiro atoms. The molecule has 0 N–H and O–H groups in total. The average molecular weight is 320 g/mol. The van der Waals surface area contributed by atoms with E-state index in [0.717, 1.165) is 38.7 Å². The Morgan fingerprint density at radius 1 is 0.870 bits per heavy atom. The van der Waals surface area contributed by atoms with Crippen LogP contribution in [0.25, 0.3) is 28.0 Å². The number of aromatic nitrogens is 3. The molecule has 0 aliphatic rings. The maximum atomic E-state index is 6.00. The third-order valence-electron chi connectivity index (χ3n) is 3.90. The summed E-state index contributed by atoms with van der Waals surface area (Å²) < 4.78 is 1.91. The lowest BCUT2D eigenvalue weighted by atomic mass is 10.1. The topological polar surface area (TPSA) is 30.2 Å². The van der Waals surface area contributed by atoms with Gasteiger partial charge in [0.25, 0.3) is 0 Å². The molecule has 0 amide bonds. The number of aryl methyl sites for hydroxylation is 1. The van der Waals surface area contributed by atoms with E-state index in [2.05, 4.69) is 17.1 Å². The molecule has 23 heavy (non-hydrogen) atoms. The molecule has 2 aromatic carbocycles. The molecule has 2 aromatic heterocycles. The first-order valence-corrected chi connectivity index (χ1v) is 7.77. The molecular formula is C19H14ClN3. The number of nitrogens with zero attached hydrogens (tertiary/aromatic N) is 3. The lowest BCUT2D eigenvalue weighted by Gasteiger charge is -2.05. The average Bonchev–Trinajstić information content (AvgIpc) is 2.92. The second kappa shape index (κ2) is 5.52. The van der Waals surface area contributed by atoms with E-state index in [1.54, 1.807) is 0 Å². The first-order chi connectivity index (χ1) is 11.2. The predicted molar refractivity (Wildman–Crippen MR) is 93.6 cm³/mol. The highest BCUT2D eigenvalue weighted by Crippen LogP contribution is 2.30. The van der Waals surface area contributed by atoms with Crippen molar-refractivity contribution in [1.82, 2.24) is 14.6 Å². The summed E-state index contributed by atoms with van der Waals surface area (Å²) in [5.74, 6) is 0. The first kappa shape index (κ1) is 14.0. The summed E-state index contributed by atoms with van der Waals surface area (Å²) in [4.78, 5) is 4.55. The number of rotatable bonds is 2. The molecule has 0 bridgehead atoms. The highest BCUT2D eigenvalue weighted by molar-refractivity contribution is 6.30. The van der Waals surface area contributed by atoms with Crippen LogP contribution >= 0.6 is 11.6 Å². The van der Waals surface area contributed by atoms with Gasteiger partial charge in [-0.3, -0.25) is 0 Å². The zero-order valence-electron chi connectivity index (χ0n) is 12.6. The minimum atomic E-state index is 0.723. The van der Waals surface area contributed by atoms with Crippen molar-refractivity contribution in [3.63, 3.8) is 0 Å². The van der Waals surface area contributed by atoms with Crippen molar-refractivity contribution in [2.45, 2.75) is 6.92 Å². The van der Waals surface area contributed by atoms with E-state index in [-0.39, 0.29) is 0 Å². The number of halogens is 1. The molecule has 0 fully saturated rings. The van der Waals surface area contributed by atoms with E-state index in [1.165, 1.54) is 0 Å². The lowest BCUT2D eigenvalue weighted by molar-refractivity contribution is 0.925. The van der Waals surface area contributed by atoms with Crippen LogP contribution in [0, 0.1) is 6.92 Å². The van der Waals surface area contributed by atoms with Gasteiger partial charge < -0.3 is 0 Å². The van der Waals surface area contributed by atoms with Gasteiger partial charge in [-0.2, -0.15) is 5.10 Å². The van der Waals surface area contributed by atoms with Crippen LogP contribution in [0.3, 0.4) is 0 Å². The van der Waals surface area contributed by atoms with Crippen LogP contribution in [-0.2, 0) is 0 Å². The van der Waals surface area contributed by atoms with Crippen LogP contribution in [0.1, 0.15) is 5.69 Å². The Hall–Kier alpha value is -2.65. The normalized spacial score (nSPS) is 11.0. The van der Waals surface area contributed by atoms with Gasteiger partial charge in [0.2, 0.25) is 0 Å². The summed E-state index contributed by atoms with van der Waals surface area (Å²) in [5, 5.41) is 5.43. The van der Waals surface area contributed by atoms with Crippen LogP contribution in [-0.4, -0.2) is 14.6 Å². The van der Waals surface area contributed by atoms with Crippen molar-refractivity contribution in [2.24, 2.45) is 0 Å². The van der Waals surface area contributed by atoms with Gasteiger partial charge in [-0.25, -0.2) is 9.50 Å². The first-order valence-electron chi connectivity index (χ1n) is 7.40. The molecule has 0 saturated carbocycles. The fraction of sp³-hybridized carbons (Fsp3) is 0.0526. The van der Waals surface area contributed by atoms with Gasteiger partial charge in [0.05, 0.1) is 11.4 Å². The van der Waals surface area contributed by atoms with Crippen molar-refractivity contribution < 1.29 is 0 Å². The minimum absolute atomic E-state index is 0.723. The van der Waals surface area contributed by atoms with Crippen molar-refractivity contribution in [3.05, 3.63) is 77.6 Å². The minimum Gasteiger partial charge on any atom is -0.236 e. The third kappa shape index (κ3) is 2.39. The van der Waals surface area contributed by atoms with E-state index in [1.807, 2.05) is 66.2 Å². The highest BCUT2D eigenvalue weighted by atomic mass is 35.5. The van der Waals surface area contributed by atoms with Crippen LogP contribution in [0.15, 0.2) is 66.9 Å². The maximum Gasteiger partial charge on any atom is 0.163 e. The Morgan fingerprint density at radius 3 is 2.35 bits per heavy atom. The maximum absolute atomic E-state index is 6.00. The number of fused-ring (bicyclic) bond motifs is 1. The standard InChI is InChI=1S/C19H14ClN3/c1-13-18(15-7-9-16(20)10-8-15)19-21-12-11-17(23(19)22-13)14-5-3-2-4-6-14/h2-12H,1H3. The van der Waals surface area contributed by atoms with Crippen molar-refractivity contribution in [1.29, 1.82) is 0 Å². The van der Waals surface area contributed by atoms with Gasteiger partial charge in [-0.15, -0.1) is 0 Å². The van der Waals surface area contributed by atoms with Gasteiger partial charge in [-0.1, -0.05) is 54.1 Å². The molecule has 3 nitrogen and oxygen atoms in total. The van der Waals surface area contributed by atoms with Gasteiger partial charge in [0.15, 0.2) is 5.65 Å². The number of hydrogen-bond acceptors (Lipinski definition) is 2. The largest absolute Gasteiger partial charge is 0.236 e. The monoisotopic (exact) mass is 319 g/mol. The zero-order chi connectivity index (χ0) is 15.8. The van der Waals surface area contributed by atoms with Gasteiger partial charge in [-0.05, 0) is 30.7 Å². The second-order valence-electron chi connectivity index (χ2n) is 5.40. The highest BCUT2D eigenvalue weighted by Gasteiger charge is 2.15. The number of benzene rings is 2. The smallest absolute Gasteiger partial charge is 0.163 e. The van der Waals surface area contributed by atoms with E-state index in [4.69, 9.17) is 16.7 Å². The van der Waals surface area contributed by atoms with Crippen LogP contribution in [0.4, 0.5) is 0 Å². The summed E-state index contributed by atoms with van der Waals surface area (Å²) >= 11 is 6.00. The van der Waals surface area contributed by atoms with Gasteiger partial charge in [0, 0.05) is 22.3 Å². The predicted octanol–water partition coefficient (Wildman–Crippen LogP) is 5.03. The molecule has 0 atom stereocenters. The van der Waals surface area contributed by atoms with E-state index >= 15 is 0 Å². The quantitative estimate of drug-likeness (QED) is 0.519. The molecule has 0 aliphatic carbocycles.